The highest BCUT2D eigenvalue weighted by Crippen LogP contribution is 2.33. The monoisotopic (exact) mass is 262 g/mol. The molecule has 1 aliphatic heterocycles. The first-order valence-corrected chi connectivity index (χ1v) is 7.86. The maximum absolute atomic E-state index is 6.13. The van der Waals surface area contributed by atoms with Gasteiger partial charge in [-0.25, -0.2) is 4.98 Å². The second-order valence-electron chi connectivity index (χ2n) is 6.08. The Bertz CT molecular complexity index is 420. The Balaban J connectivity index is 1.87. The Hall–Kier alpha value is -1.03. The Morgan fingerprint density at radius 1 is 1.26 bits per heavy atom. The van der Waals surface area contributed by atoms with Crippen molar-refractivity contribution in [3.8, 4) is 0 Å². The number of rotatable bonds is 3. The van der Waals surface area contributed by atoms with E-state index in [0.717, 1.165) is 25.9 Å². The first kappa shape index (κ1) is 13.0. The first-order valence-electron chi connectivity index (χ1n) is 7.86. The number of piperidine rings is 1. The molecule has 0 amide bonds. The zero-order valence-corrected chi connectivity index (χ0v) is 12.0. The molecule has 3 rings (SSSR count). The molecule has 2 heterocycles. The van der Waals surface area contributed by atoms with E-state index in [2.05, 4.69) is 22.6 Å². The van der Waals surface area contributed by atoms with Gasteiger partial charge in [0.15, 0.2) is 0 Å². The van der Waals surface area contributed by atoms with E-state index in [1.54, 1.807) is 0 Å². The molecule has 2 N–H and O–H groups in total. The van der Waals surface area contributed by atoms with Gasteiger partial charge >= 0.3 is 0 Å². The third-order valence-corrected chi connectivity index (χ3v) is 4.58. The van der Waals surface area contributed by atoms with Crippen LogP contribution in [-0.4, -0.2) is 28.7 Å². The van der Waals surface area contributed by atoms with Crippen LogP contribution in [0.3, 0.4) is 0 Å². The van der Waals surface area contributed by atoms with Crippen molar-refractivity contribution in [2.45, 2.75) is 64.0 Å². The molecule has 1 aliphatic carbocycles. The lowest BCUT2D eigenvalue weighted by atomic mass is 10.1. The number of aromatic nitrogens is 2. The van der Waals surface area contributed by atoms with Crippen LogP contribution < -0.4 is 10.6 Å². The van der Waals surface area contributed by atoms with E-state index < -0.39 is 0 Å². The van der Waals surface area contributed by atoms with Crippen molar-refractivity contribution in [3.63, 3.8) is 0 Å². The molecule has 0 bridgehead atoms. The minimum absolute atomic E-state index is 0.313. The molecule has 1 unspecified atom stereocenters. The lowest BCUT2D eigenvalue weighted by Gasteiger charge is -2.32. The zero-order valence-electron chi connectivity index (χ0n) is 12.0. The van der Waals surface area contributed by atoms with Crippen LogP contribution in [0.1, 0.15) is 57.2 Å². The van der Waals surface area contributed by atoms with E-state index in [9.17, 15) is 0 Å². The second-order valence-corrected chi connectivity index (χ2v) is 6.08. The predicted molar refractivity (Wildman–Crippen MR) is 78.5 cm³/mol. The van der Waals surface area contributed by atoms with E-state index in [1.165, 1.54) is 43.7 Å². The molecule has 2 fully saturated rings. The van der Waals surface area contributed by atoms with E-state index >= 15 is 0 Å². The average molecular weight is 262 g/mol. The number of hydrogen-bond donors (Lipinski definition) is 1. The quantitative estimate of drug-likeness (QED) is 0.910. The lowest BCUT2D eigenvalue weighted by molar-refractivity contribution is 0.469. The number of anilines is 1. The van der Waals surface area contributed by atoms with Crippen molar-refractivity contribution in [2.24, 2.45) is 5.73 Å². The van der Waals surface area contributed by atoms with Gasteiger partial charge in [0.2, 0.25) is 5.95 Å². The Morgan fingerprint density at radius 3 is 2.74 bits per heavy atom. The van der Waals surface area contributed by atoms with Crippen molar-refractivity contribution in [1.82, 2.24) is 9.55 Å². The van der Waals surface area contributed by atoms with Crippen molar-refractivity contribution in [2.75, 3.05) is 18.0 Å². The van der Waals surface area contributed by atoms with Gasteiger partial charge in [0.25, 0.3) is 0 Å². The third-order valence-electron chi connectivity index (χ3n) is 4.58. The fraction of sp³-hybridized carbons (Fsp3) is 0.800. The van der Waals surface area contributed by atoms with Crippen LogP contribution in [0.25, 0.3) is 0 Å². The van der Waals surface area contributed by atoms with Gasteiger partial charge in [-0.1, -0.05) is 19.8 Å². The predicted octanol–water partition coefficient (Wildman–Crippen LogP) is 2.49. The lowest BCUT2D eigenvalue weighted by Crippen LogP contribution is -2.44. The average Bonchev–Trinajstić information content (AvgIpc) is 3.07. The van der Waals surface area contributed by atoms with Gasteiger partial charge in [0.1, 0.15) is 0 Å². The van der Waals surface area contributed by atoms with Gasteiger partial charge in [0, 0.05) is 31.4 Å². The Kier molecular flexibility index (Phi) is 3.78. The van der Waals surface area contributed by atoms with Crippen LogP contribution in [-0.2, 0) is 6.42 Å². The molecule has 0 radical (unpaired) electrons. The summed E-state index contributed by atoms with van der Waals surface area (Å²) < 4.78 is 2.45. The van der Waals surface area contributed by atoms with Crippen LogP contribution in [0.4, 0.5) is 5.95 Å². The van der Waals surface area contributed by atoms with Gasteiger partial charge in [0.05, 0.1) is 5.69 Å². The number of nitrogens with two attached hydrogens (primary N) is 1. The molecular formula is C15H26N4. The Morgan fingerprint density at radius 2 is 2.05 bits per heavy atom. The van der Waals surface area contributed by atoms with E-state index in [1.807, 2.05) is 0 Å². The maximum Gasteiger partial charge on any atom is 0.206 e. The summed E-state index contributed by atoms with van der Waals surface area (Å²) in [5, 5.41) is 0. The number of hydrogen-bond acceptors (Lipinski definition) is 3. The van der Waals surface area contributed by atoms with Crippen LogP contribution >= 0.6 is 0 Å². The van der Waals surface area contributed by atoms with Crippen LogP contribution in [0.5, 0.6) is 0 Å². The molecule has 19 heavy (non-hydrogen) atoms. The molecule has 106 valence electrons. The molecule has 0 aromatic carbocycles. The molecule has 2 aliphatic rings. The summed E-state index contributed by atoms with van der Waals surface area (Å²) in [5.74, 6) is 1.18. The smallest absolute Gasteiger partial charge is 0.206 e. The number of nitrogens with zero attached hydrogens (tertiary/aromatic N) is 3. The highest BCUT2D eigenvalue weighted by Gasteiger charge is 2.26. The van der Waals surface area contributed by atoms with E-state index in [-0.39, 0.29) is 0 Å². The van der Waals surface area contributed by atoms with E-state index in [4.69, 9.17) is 10.7 Å². The summed E-state index contributed by atoms with van der Waals surface area (Å²) in [6, 6.07) is 0.980. The summed E-state index contributed by atoms with van der Waals surface area (Å²) in [6.07, 6.45) is 11.0. The largest absolute Gasteiger partial charge is 0.341 e. The molecular weight excluding hydrogens is 236 g/mol. The molecule has 4 nitrogen and oxygen atoms in total. The van der Waals surface area contributed by atoms with Gasteiger partial charge < -0.3 is 15.2 Å². The van der Waals surface area contributed by atoms with Crippen molar-refractivity contribution in [1.29, 1.82) is 0 Å². The van der Waals surface area contributed by atoms with E-state index in [0.29, 0.717) is 12.1 Å². The van der Waals surface area contributed by atoms with Gasteiger partial charge in [-0.2, -0.15) is 0 Å². The van der Waals surface area contributed by atoms with Gasteiger partial charge in [-0.15, -0.1) is 0 Å². The van der Waals surface area contributed by atoms with Crippen LogP contribution in [0.15, 0.2) is 6.20 Å². The summed E-state index contributed by atoms with van der Waals surface area (Å²) in [7, 11) is 0. The van der Waals surface area contributed by atoms with Crippen molar-refractivity contribution < 1.29 is 0 Å². The topological polar surface area (TPSA) is 47.1 Å². The van der Waals surface area contributed by atoms with Crippen LogP contribution in [0.2, 0.25) is 0 Å². The molecule has 1 saturated heterocycles. The van der Waals surface area contributed by atoms with Gasteiger partial charge in [-0.3, -0.25) is 0 Å². The maximum atomic E-state index is 6.13. The third kappa shape index (κ3) is 2.64. The van der Waals surface area contributed by atoms with Crippen molar-refractivity contribution in [3.05, 3.63) is 11.9 Å². The second kappa shape index (κ2) is 5.53. The van der Waals surface area contributed by atoms with Gasteiger partial charge in [-0.05, 0) is 32.1 Å². The summed E-state index contributed by atoms with van der Waals surface area (Å²) in [5.41, 5.74) is 7.35. The SMILES string of the molecule is CCc1cn(C2CCCC2)c(N2CCCC(N)C2)n1. The highest BCUT2D eigenvalue weighted by atomic mass is 15.3. The van der Waals surface area contributed by atoms with Crippen molar-refractivity contribution >= 4 is 5.95 Å². The van der Waals surface area contributed by atoms with Crippen LogP contribution in [0, 0.1) is 0 Å². The standard InChI is InChI=1S/C15H26N4/c1-2-13-11-19(14-7-3-4-8-14)15(17-13)18-9-5-6-12(16)10-18/h11-12,14H,2-10,16H2,1H3. The molecule has 1 atom stereocenters. The molecule has 1 aromatic rings. The normalized spacial score (nSPS) is 25.2. The fourth-order valence-electron chi connectivity index (χ4n) is 3.48. The molecule has 4 heteroatoms. The number of aryl methyl sites for hydroxylation is 1. The molecule has 0 spiro atoms. The summed E-state index contributed by atoms with van der Waals surface area (Å²) in [6.45, 7) is 4.26. The number of imidazole rings is 1. The summed E-state index contributed by atoms with van der Waals surface area (Å²) in [4.78, 5) is 7.27. The minimum atomic E-state index is 0.313. The highest BCUT2D eigenvalue weighted by molar-refractivity contribution is 5.35. The minimum Gasteiger partial charge on any atom is -0.341 e. The molecule has 1 aromatic heterocycles. The summed E-state index contributed by atoms with van der Waals surface area (Å²) >= 11 is 0. The zero-order chi connectivity index (χ0) is 13.2. The first-order chi connectivity index (χ1) is 9.28. The fourth-order valence-corrected chi connectivity index (χ4v) is 3.48. The molecule has 1 saturated carbocycles. The Labute approximate surface area is 116 Å².